The van der Waals surface area contributed by atoms with E-state index in [9.17, 15) is 4.79 Å². The quantitative estimate of drug-likeness (QED) is 0.756. The molecular formula is C15H29NO2. The van der Waals surface area contributed by atoms with Crippen LogP contribution in [-0.4, -0.2) is 28.7 Å². The fraction of sp³-hybridized carbons (Fsp3) is 0.933. The smallest absolute Gasteiger partial charge is 0.410 e. The van der Waals surface area contributed by atoms with Gasteiger partial charge in [0, 0.05) is 11.1 Å². The van der Waals surface area contributed by atoms with E-state index in [-0.39, 0.29) is 17.2 Å². The van der Waals surface area contributed by atoms with Gasteiger partial charge in [0.15, 0.2) is 0 Å². The second-order valence-corrected chi connectivity index (χ2v) is 6.04. The summed E-state index contributed by atoms with van der Waals surface area (Å²) in [5.74, 6) is 0.520. The molecule has 1 aliphatic heterocycles. The van der Waals surface area contributed by atoms with Crippen molar-refractivity contribution in [2.24, 2.45) is 5.92 Å². The van der Waals surface area contributed by atoms with Gasteiger partial charge in [0.1, 0.15) is 0 Å². The Morgan fingerprint density at radius 3 is 2.33 bits per heavy atom. The van der Waals surface area contributed by atoms with Crippen molar-refractivity contribution in [2.75, 3.05) is 6.61 Å². The van der Waals surface area contributed by atoms with E-state index < -0.39 is 0 Å². The topological polar surface area (TPSA) is 29.5 Å². The summed E-state index contributed by atoms with van der Waals surface area (Å²) in [6, 6.07) is 0. The van der Waals surface area contributed by atoms with E-state index in [0.717, 1.165) is 19.3 Å². The van der Waals surface area contributed by atoms with Crippen LogP contribution < -0.4 is 0 Å². The van der Waals surface area contributed by atoms with Gasteiger partial charge in [0.05, 0.1) is 6.61 Å². The van der Waals surface area contributed by atoms with Crippen LogP contribution in [-0.2, 0) is 4.74 Å². The number of carbonyl (C=O) groups excluding carboxylic acids is 1. The Bertz CT molecular complexity index is 305. The van der Waals surface area contributed by atoms with Crippen molar-refractivity contribution in [3.8, 4) is 0 Å². The molecule has 3 nitrogen and oxygen atoms in total. The van der Waals surface area contributed by atoms with E-state index in [1.807, 2.05) is 11.8 Å². The number of nitrogens with zero attached hydrogens (tertiary/aromatic N) is 1. The normalized spacial score (nSPS) is 36.6. The number of likely N-dealkylation sites (tertiary alicyclic amines) is 1. The lowest BCUT2D eigenvalue weighted by molar-refractivity contribution is -0.0688. The molecule has 1 amide bonds. The first-order chi connectivity index (χ1) is 8.35. The lowest BCUT2D eigenvalue weighted by Crippen LogP contribution is -2.66. The zero-order chi connectivity index (χ0) is 14.0. The minimum absolute atomic E-state index is 0.0659. The molecule has 3 heteroatoms. The summed E-state index contributed by atoms with van der Waals surface area (Å²) in [4.78, 5) is 14.4. The molecule has 18 heavy (non-hydrogen) atoms. The molecule has 1 fully saturated rings. The average molecular weight is 255 g/mol. The Hall–Kier alpha value is -0.730. The first-order valence-corrected chi connectivity index (χ1v) is 7.32. The highest BCUT2D eigenvalue weighted by Crippen LogP contribution is 2.45. The highest BCUT2D eigenvalue weighted by atomic mass is 16.6. The Morgan fingerprint density at radius 1 is 1.28 bits per heavy atom. The molecule has 0 spiro atoms. The van der Waals surface area contributed by atoms with Crippen molar-refractivity contribution >= 4 is 6.09 Å². The summed E-state index contributed by atoms with van der Waals surface area (Å²) in [5, 5.41) is 0. The molecule has 0 radical (unpaired) electrons. The van der Waals surface area contributed by atoms with Crippen molar-refractivity contribution in [2.45, 2.75) is 78.3 Å². The van der Waals surface area contributed by atoms with Crippen LogP contribution in [0.15, 0.2) is 0 Å². The number of hydrogen-bond donors (Lipinski definition) is 0. The minimum atomic E-state index is -0.141. The van der Waals surface area contributed by atoms with Gasteiger partial charge in [0.25, 0.3) is 0 Å². The molecule has 0 aromatic carbocycles. The number of carbonyl (C=O) groups is 1. The summed E-state index contributed by atoms with van der Waals surface area (Å²) in [5.41, 5.74) is -0.154. The molecule has 106 valence electrons. The second-order valence-electron chi connectivity index (χ2n) is 6.04. The number of hydrogen-bond acceptors (Lipinski definition) is 2. The molecular weight excluding hydrogens is 226 g/mol. The molecule has 0 N–H and O–H groups in total. The Labute approximate surface area is 112 Å². The first kappa shape index (κ1) is 15.3. The molecule has 1 heterocycles. The standard InChI is InChI=1S/C15H29NO2/c1-7-14(5)11-10-12(4)15(6,8-2)16(14)13(17)18-9-3/h12H,7-11H2,1-6H3. The molecule has 1 aliphatic rings. The molecule has 0 aromatic heterocycles. The third kappa shape index (κ3) is 2.36. The molecule has 0 bridgehead atoms. The summed E-state index contributed by atoms with van der Waals surface area (Å²) < 4.78 is 5.31. The molecule has 0 saturated carbocycles. The Kier molecular flexibility index (Phi) is 4.68. The summed E-state index contributed by atoms with van der Waals surface area (Å²) in [6.07, 6.45) is 4.07. The van der Waals surface area contributed by atoms with Gasteiger partial charge in [-0.25, -0.2) is 4.79 Å². The van der Waals surface area contributed by atoms with Gasteiger partial charge in [-0.2, -0.15) is 0 Å². The number of rotatable bonds is 3. The summed E-state index contributed by atoms with van der Waals surface area (Å²) in [6.45, 7) is 13.3. The van der Waals surface area contributed by atoms with Crippen LogP contribution >= 0.6 is 0 Å². The van der Waals surface area contributed by atoms with Crippen molar-refractivity contribution in [1.29, 1.82) is 0 Å². The van der Waals surface area contributed by atoms with Crippen molar-refractivity contribution in [3.63, 3.8) is 0 Å². The van der Waals surface area contributed by atoms with Gasteiger partial charge in [-0.15, -0.1) is 0 Å². The number of piperidine rings is 1. The number of ether oxygens (including phenoxy) is 1. The molecule has 0 aromatic rings. The van der Waals surface area contributed by atoms with Gasteiger partial charge in [-0.1, -0.05) is 20.8 Å². The second kappa shape index (κ2) is 5.50. The van der Waals surface area contributed by atoms with Crippen molar-refractivity contribution < 1.29 is 9.53 Å². The maximum Gasteiger partial charge on any atom is 0.410 e. The van der Waals surface area contributed by atoms with Crippen LogP contribution in [0.1, 0.15) is 67.2 Å². The fourth-order valence-electron chi connectivity index (χ4n) is 3.25. The lowest BCUT2D eigenvalue weighted by atomic mass is 9.70. The van der Waals surface area contributed by atoms with E-state index in [1.165, 1.54) is 6.42 Å². The van der Waals surface area contributed by atoms with Crippen LogP contribution in [0.25, 0.3) is 0 Å². The third-order valence-electron chi connectivity index (χ3n) is 5.16. The van der Waals surface area contributed by atoms with Crippen LogP contribution in [0.3, 0.4) is 0 Å². The summed E-state index contributed by atoms with van der Waals surface area (Å²) in [7, 11) is 0. The van der Waals surface area contributed by atoms with Gasteiger partial charge in [0.2, 0.25) is 0 Å². The minimum Gasteiger partial charge on any atom is -0.450 e. The highest BCUT2D eigenvalue weighted by Gasteiger charge is 2.51. The molecule has 0 aliphatic carbocycles. The number of amides is 1. The molecule has 3 unspecified atom stereocenters. The molecule has 1 saturated heterocycles. The molecule has 3 atom stereocenters. The predicted octanol–water partition coefficient (Wildman–Crippen LogP) is 4.21. The largest absolute Gasteiger partial charge is 0.450 e. The Morgan fingerprint density at radius 2 is 1.89 bits per heavy atom. The fourth-order valence-corrected chi connectivity index (χ4v) is 3.25. The zero-order valence-electron chi connectivity index (χ0n) is 12.9. The lowest BCUT2D eigenvalue weighted by Gasteiger charge is -2.57. The highest BCUT2D eigenvalue weighted by molar-refractivity contribution is 5.70. The third-order valence-corrected chi connectivity index (χ3v) is 5.16. The van der Waals surface area contributed by atoms with Crippen LogP contribution in [0, 0.1) is 5.92 Å². The molecule has 1 rings (SSSR count). The predicted molar refractivity (Wildman–Crippen MR) is 74.7 cm³/mol. The van der Waals surface area contributed by atoms with Gasteiger partial charge in [-0.3, -0.25) is 4.90 Å². The zero-order valence-corrected chi connectivity index (χ0v) is 12.9. The van der Waals surface area contributed by atoms with E-state index in [2.05, 4.69) is 34.6 Å². The first-order valence-electron chi connectivity index (χ1n) is 7.32. The summed E-state index contributed by atoms with van der Waals surface area (Å²) >= 11 is 0. The SMILES string of the molecule is CCOC(=O)N1C(C)(CC)CCC(C)C1(C)CC. The van der Waals surface area contributed by atoms with E-state index in [4.69, 9.17) is 4.74 Å². The van der Waals surface area contributed by atoms with Crippen LogP contribution in [0.4, 0.5) is 4.79 Å². The van der Waals surface area contributed by atoms with E-state index >= 15 is 0 Å². The maximum atomic E-state index is 12.4. The van der Waals surface area contributed by atoms with E-state index in [0.29, 0.717) is 12.5 Å². The van der Waals surface area contributed by atoms with E-state index in [1.54, 1.807) is 0 Å². The van der Waals surface area contributed by atoms with Crippen LogP contribution in [0.5, 0.6) is 0 Å². The van der Waals surface area contributed by atoms with Gasteiger partial charge < -0.3 is 4.74 Å². The average Bonchev–Trinajstić information content (AvgIpc) is 2.35. The van der Waals surface area contributed by atoms with Gasteiger partial charge in [-0.05, 0) is 52.4 Å². The monoisotopic (exact) mass is 255 g/mol. The van der Waals surface area contributed by atoms with Crippen LogP contribution in [0.2, 0.25) is 0 Å². The van der Waals surface area contributed by atoms with Gasteiger partial charge >= 0.3 is 6.09 Å². The maximum absolute atomic E-state index is 12.4. The Balaban J connectivity index is 3.15. The van der Waals surface area contributed by atoms with Crippen molar-refractivity contribution in [3.05, 3.63) is 0 Å². The van der Waals surface area contributed by atoms with Crippen molar-refractivity contribution in [1.82, 2.24) is 4.90 Å².